The van der Waals surface area contributed by atoms with Crippen LogP contribution in [0.1, 0.15) is 63.8 Å². The van der Waals surface area contributed by atoms with E-state index in [1.807, 2.05) is 19.9 Å². The quantitative estimate of drug-likeness (QED) is 0.383. The fourth-order valence-electron chi connectivity index (χ4n) is 6.95. The van der Waals surface area contributed by atoms with Crippen LogP contribution in [0.4, 0.5) is 36.4 Å². The van der Waals surface area contributed by atoms with Crippen molar-refractivity contribution in [2.24, 2.45) is 0 Å². The Bertz CT molecular complexity index is 1370. The molecule has 3 atom stereocenters. The van der Waals surface area contributed by atoms with Gasteiger partial charge < -0.3 is 24.6 Å². The molecule has 5 heterocycles. The van der Waals surface area contributed by atoms with Gasteiger partial charge in [0.1, 0.15) is 11.9 Å². The zero-order valence-electron chi connectivity index (χ0n) is 24.4. The number of hydrogen-bond donors (Lipinski definition) is 2. The fourth-order valence-corrected chi connectivity index (χ4v) is 6.95. The minimum atomic E-state index is -4.46. The van der Waals surface area contributed by atoms with Crippen LogP contribution in [0.2, 0.25) is 0 Å². The maximum atomic E-state index is 14.2. The Morgan fingerprint density at radius 1 is 1.12 bits per heavy atom. The minimum absolute atomic E-state index is 0.0445. The molecule has 1 aliphatic carbocycles. The summed E-state index contributed by atoms with van der Waals surface area (Å²) in [6, 6.07) is 1.25. The molecule has 2 aromatic rings. The van der Waals surface area contributed by atoms with E-state index in [-0.39, 0.29) is 43.5 Å². The lowest BCUT2D eigenvalue weighted by Crippen LogP contribution is -2.46. The Morgan fingerprint density at radius 2 is 1.79 bits per heavy atom. The van der Waals surface area contributed by atoms with Crippen LogP contribution in [0.25, 0.3) is 0 Å². The highest BCUT2D eigenvalue weighted by atomic mass is 19.4. The summed E-state index contributed by atoms with van der Waals surface area (Å²) in [6.45, 7) is 5.10. The number of aromatic nitrogens is 4. The van der Waals surface area contributed by atoms with E-state index in [1.165, 1.54) is 4.90 Å². The third-order valence-corrected chi connectivity index (χ3v) is 8.77. The van der Waals surface area contributed by atoms with E-state index in [9.17, 15) is 18.0 Å². The van der Waals surface area contributed by atoms with Gasteiger partial charge in [-0.1, -0.05) is 12.8 Å². The van der Waals surface area contributed by atoms with E-state index >= 15 is 0 Å². The number of carbonyl (C=O) groups excluding carboxylic acids is 1. The third kappa shape index (κ3) is 5.21. The van der Waals surface area contributed by atoms with Crippen molar-refractivity contribution in [1.29, 1.82) is 5.41 Å². The first-order valence-corrected chi connectivity index (χ1v) is 14.7. The average Bonchev–Trinajstić information content (AvgIpc) is 3.71. The smallest absolute Gasteiger partial charge is 0.408 e. The summed E-state index contributed by atoms with van der Waals surface area (Å²) in [5.41, 5.74) is -0.139. The molecular weight excluding hydrogens is 567 g/mol. The van der Waals surface area contributed by atoms with Gasteiger partial charge in [0.15, 0.2) is 29.9 Å². The molecule has 1 spiro atoms. The number of anilines is 4. The van der Waals surface area contributed by atoms with Crippen molar-refractivity contribution in [3.8, 4) is 0 Å². The first-order valence-electron chi connectivity index (χ1n) is 14.7. The molecule has 0 bridgehead atoms. The van der Waals surface area contributed by atoms with Gasteiger partial charge in [-0.15, -0.1) is 10.2 Å². The highest BCUT2D eigenvalue weighted by Crippen LogP contribution is 2.54. The number of rotatable bonds is 5. The van der Waals surface area contributed by atoms with Gasteiger partial charge in [0.25, 0.3) is 6.02 Å². The summed E-state index contributed by atoms with van der Waals surface area (Å²) in [5.74, 6) is 1.77. The number of nitrogens with one attached hydrogen (secondary N) is 2. The maximum Gasteiger partial charge on any atom is 0.408 e. The molecule has 0 unspecified atom stereocenters. The number of alkyl halides is 3. The van der Waals surface area contributed by atoms with Gasteiger partial charge in [-0.2, -0.15) is 13.2 Å². The van der Waals surface area contributed by atoms with Crippen LogP contribution in [-0.4, -0.2) is 88.1 Å². The molecule has 232 valence electrons. The molecule has 6 rings (SSSR count). The molecule has 12 nitrogen and oxygen atoms in total. The number of hydrogen-bond acceptors (Lipinski definition) is 10. The standard InChI is InChI=1S/C28H36F3N9O3/c1-16-13-38(14-17(2)43-16)20-8-9-21(37-36-20)40-24-22(27(25(40)41)10-4-5-11-27)23(33-3)34-19(35-24)15-42-26(32)39-12-6-7-18(39)28(29,30)31/h8-9,16-18,32H,4-7,10-15H2,1-3H3,(H,33,34,35)/t16-,17+,18-/m1/s1. The largest absolute Gasteiger partial charge is 0.457 e. The number of nitrogens with zero attached hydrogens (tertiary/aromatic N) is 7. The number of carbonyl (C=O) groups is 1. The number of halogens is 3. The summed E-state index contributed by atoms with van der Waals surface area (Å²) >= 11 is 0. The number of amides is 1. The molecule has 4 aliphatic rings. The third-order valence-electron chi connectivity index (χ3n) is 8.77. The van der Waals surface area contributed by atoms with Gasteiger partial charge >= 0.3 is 6.18 Å². The van der Waals surface area contributed by atoms with Gasteiger partial charge in [0.2, 0.25) is 5.91 Å². The van der Waals surface area contributed by atoms with Crippen molar-refractivity contribution in [2.75, 3.05) is 41.8 Å². The molecule has 1 saturated carbocycles. The Balaban J connectivity index is 1.30. The van der Waals surface area contributed by atoms with E-state index < -0.39 is 23.7 Å². The van der Waals surface area contributed by atoms with Crippen LogP contribution in [-0.2, 0) is 26.3 Å². The molecule has 3 aliphatic heterocycles. The molecule has 15 heteroatoms. The topological polar surface area (TPSA) is 133 Å². The molecule has 1 amide bonds. The molecule has 2 saturated heterocycles. The van der Waals surface area contributed by atoms with E-state index in [0.717, 1.165) is 17.7 Å². The predicted molar refractivity (Wildman–Crippen MR) is 151 cm³/mol. The van der Waals surface area contributed by atoms with Crippen molar-refractivity contribution in [3.05, 3.63) is 23.5 Å². The van der Waals surface area contributed by atoms with Crippen LogP contribution in [0, 0.1) is 5.41 Å². The molecular formula is C28H36F3N9O3. The first kappa shape index (κ1) is 29.3. The Labute approximate surface area is 247 Å². The van der Waals surface area contributed by atoms with Crippen LogP contribution in [0.15, 0.2) is 12.1 Å². The maximum absolute atomic E-state index is 14.2. The lowest BCUT2D eigenvalue weighted by Gasteiger charge is -2.35. The van der Waals surface area contributed by atoms with Crippen molar-refractivity contribution in [3.63, 3.8) is 0 Å². The van der Waals surface area contributed by atoms with Gasteiger partial charge in [0, 0.05) is 26.7 Å². The van der Waals surface area contributed by atoms with Gasteiger partial charge in [-0.25, -0.2) is 14.9 Å². The van der Waals surface area contributed by atoms with Crippen LogP contribution >= 0.6 is 0 Å². The van der Waals surface area contributed by atoms with Gasteiger partial charge in [-0.3, -0.25) is 10.2 Å². The Kier molecular flexibility index (Phi) is 7.55. The second-order valence-electron chi connectivity index (χ2n) is 11.8. The summed E-state index contributed by atoms with van der Waals surface area (Å²) in [5, 5.41) is 20.2. The van der Waals surface area contributed by atoms with Crippen molar-refractivity contribution in [1.82, 2.24) is 25.1 Å². The van der Waals surface area contributed by atoms with Crippen molar-refractivity contribution < 1.29 is 27.4 Å². The predicted octanol–water partition coefficient (Wildman–Crippen LogP) is 3.89. The molecule has 2 N–H and O–H groups in total. The molecule has 0 radical (unpaired) electrons. The zero-order chi connectivity index (χ0) is 30.5. The monoisotopic (exact) mass is 603 g/mol. The van der Waals surface area contributed by atoms with Gasteiger partial charge in [-0.05, 0) is 51.7 Å². The summed E-state index contributed by atoms with van der Waals surface area (Å²) < 4.78 is 51.7. The Hall–Kier alpha value is -3.75. The highest BCUT2D eigenvalue weighted by Gasteiger charge is 2.56. The van der Waals surface area contributed by atoms with E-state index in [2.05, 4.69) is 30.4 Å². The van der Waals surface area contributed by atoms with Gasteiger partial charge in [0.05, 0.1) is 23.2 Å². The van der Waals surface area contributed by atoms with E-state index in [4.69, 9.17) is 14.9 Å². The molecule has 2 aromatic heterocycles. The van der Waals surface area contributed by atoms with Crippen LogP contribution in [0.3, 0.4) is 0 Å². The average molecular weight is 604 g/mol. The normalized spacial score (nSPS) is 25.0. The summed E-state index contributed by atoms with van der Waals surface area (Å²) in [6.07, 6.45) is -1.12. The number of ether oxygens (including phenoxy) is 2. The molecule has 0 aromatic carbocycles. The lowest BCUT2D eigenvalue weighted by molar-refractivity contribution is -0.169. The van der Waals surface area contributed by atoms with E-state index in [1.54, 1.807) is 13.1 Å². The summed E-state index contributed by atoms with van der Waals surface area (Å²) in [7, 11) is 1.70. The second kappa shape index (κ2) is 11.1. The molecule has 43 heavy (non-hydrogen) atoms. The van der Waals surface area contributed by atoms with Crippen LogP contribution < -0.4 is 15.1 Å². The molecule has 3 fully saturated rings. The van der Waals surface area contributed by atoms with E-state index in [0.29, 0.717) is 61.2 Å². The fraction of sp³-hybridized carbons (Fsp3) is 0.643. The second-order valence-corrected chi connectivity index (χ2v) is 11.8. The SMILES string of the molecule is CNc1nc(COC(=N)N2CCC[C@@H]2C(F)(F)F)nc2c1C1(CCCC1)C(=O)N2c1ccc(N2C[C@@H](C)O[C@@H](C)C2)nn1. The zero-order valence-corrected chi connectivity index (χ0v) is 24.4. The lowest BCUT2D eigenvalue weighted by atomic mass is 9.80. The highest BCUT2D eigenvalue weighted by molar-refractivity contribution is 6.13. The minimum Gasteiger partial charge on any atom is -0.457 e. The van der Waals surface area contributed by atoms with Crippen LogP contribution in [0.5, 0.6) is 0 Å². The first-order chi connectivity index (χ1) is 20.5. The number of likely N-dealkylation sites (tertiary alicyclic amines) is 1. The summed E-state index contributed by atoms with van der Waals surface area (Å²) in [4.78, 5) is 27.9. The number of fused-ring (bicyclic) bond motifs is 2. The number of morpholine rings is 1. The number of amidine groups is 1. The van der Waals surface area contributed by atoms with Crippen molar-refractivity contribution >= 4 is 35.2 Å². The Morgan fingerprint density at radius 3 is 2.42 bits per heavy atom. The van der Waals surface area contributed by atoms with Crippen molar-refractivity contribution in [2.45, 2.75) is 88.8 Å².